The van der Waals surface area contributed by atoms with Crippen molar-refractivity contribution < 1.29 is 0 Å². The van der Waals surface area contributed by atoms with Gasteiger partial charge in [-0.15, -0.1) is 0 Å². The monoisotopic (exact) mass is 283 g/mol. The standard InChI is InChI=1S/C18H25N3/c1-5-14-10-17(15-8-6-7-9-16(15)19-14)21-11-13(2)18(12-21)20(3)4/h6-10,13,18H,5,11-12H2,1-4H3. The number of nitrogens with zero attached hydrogens (tertiary/aromatic N) is 3. The van der Waals surface area contributed by atoms with Gasteiger partial charge < -0.3 is 9.80 Å². The van der Waals surface area contributed by atoms with Gasteiger partial charge in [0.1, 0.15) is 0 Å². The summed E-state index contributed by atoms with van der Waals surface area (Å²) in [6.45, 7) is 6.76. The largest absolute Gasteiger partial charge is 0.369 e. The summed E-state index contributed by atoms with van der Waals surface area (Å²) in [6, 6.07) is 11.4. The quantitative estimate of drug-likeness (QED) is 0.862. The fourth-order valence-corrected chi connectivity index (χ4v) is 3.47. The van der Waals surface area contributed by atoms with Crippen LogP contribution < -0.4 is 4.90 Å². The van der Waals surface area contributed by atoms with Crippen molar-refractivity contribution in [3.8, 4) is 0 Å². The molecule has 0 radical (unpaired) electrons. The molecule has 1 saturated heterocycles. The van der Waals surface area contributed by atoms with Gasteiger partial charge in [0.05, 0.1) is 5.52 Å². The number of anilines is 1. The zero-order chi connectivity index (χ0) is 15.0. The minimum atomic E-state index is 0.627. The van der Waals surface area contributed by atoms with E-state index in [4.69, 9.17) is 4.98 Å². The molecular formula is C18H25N3. The molecule has 21 heavy (non-hydrogen) atoms. The molecular weight excluding hydrogens is 258 g/mol. The van der Waals surface area contributed by atoms with Crippen LogP contribution in [0.15, 0.2) is 30.3 Å². The summed E-state index contributed by atoms with van der Waals surface area (Å²) in [6.07, 6.45) is 0.984. The van der Waals surface area contributed by atoms with Crippen molar-refractivity contribution in [2.75, 3.05) is 32.1 Å². The number of aryl methyl sites for hydroxylation is 1. The Hall–Kier alpha value is -1.61. The summed E-state index contributed by atoms with van der Waals surface area (Å²) in [7, 11) is 4.37. The molecule has 2 aromatic rings. The van der Waals surface area contributed by atoms with Crippen molar-refractivity contribution in [2.24, 2.45) is 5.92 Å². The number of rotatable bonds is 3. The van der Waals surface area contributed by atoms with Crippen LogP contribution in [-0.2, 0) is 6.42 Å². The molecule has 0 saturated carbocycles. The third-order valence-electron chi connectivity index (χ3n) is 4.69. The van der Waals surface area contributed by atoms with Gasteiger partial charge in [-0.25, -0.2) is 0 Å². The molecule has 0 N–H and O–H groups in total. The minimum Gasteiger partial charge on any atom is -0.369 e. The lowest BCUT2D eigenvalue weighted by Gasteiger charge is -2.24. The molecule has 0 spiro atoms. The van der Waals surface area contributed by atoms with Crippen LogP contribution in [0.3, 0.4) is 0 Å². The maximum Gasteiger partial charge on any atom is 0.0726 e. The van der Waals surface area contributed by atoms with E-state index in [2.05, 4.69) is 68.1 Å². The van der Waals surface area contributed by atoms with E-state index >= 15 is 0 Å². The highest BCUT2D eigenvalue weighted by atomic mass is 15.2. The number of fused-ring (bicyclic) bond motifs is 1. The number of pyridine rings is 1. The lowest BCUT2D eigenvalue weighted by Crippen LogP contribution is -2.34. The van der Waals surface area contributed by atoms with Gasteiger partial charge in [0.15, 0.2) is 0 Å². The Balaban J connectivity index is 2.04. The Morgan fingerprint density at radius 3 is 2.67 bits per heavy atom. The third-order valence-corrected chi connectivity index (χ3v) is 4.69. The maximum atomic E-state index is 4.76. The van der Waals surface area contributed by atoms with E-state index in [1.807, 2.05) is 0 Å². The number of aromatic nitrogens is 1. The Morgan fingerprint density at radius 1 is 1.24 bits per heavy atom. The predicted molar refractivity (Wildman–Crippen MR) is 90.0 cm³/mol. The van der Waals surface area contributed by atoms with Crippen LogP contribution in [-0.4, -0.2) is 43.1 Å². The van der Waals surface area contributed by atoms with Gasteiger partial charge in [-0.1, -0.05) is 32.0 Å². The summed E-state index contributed by atoms with van der Waals surface area (Å²) < 4.78 is 0. The van der Waals surface area contributed by atoms with Crippen LogP contribution in [0.4, 0.5) is 5.69 Å². The highest BCUT2D eigenvalue weighted by Crippen LogP contribution is 2.32. The second kappa shape index (κ2) is 5.64. The summed E-state index contributed by atoms with van der Waals surface area (Å²) in [5.74, 6) is 0.692. The topological polar surface area (TPSA) is 19.4 Å². The second-order valence-corrected chi connectivity index (χ2v) is 6.42. The van der Waals surface area contributed by atoms with Gasteiger partial charge >= 0.3 is 0 Å². The molecule has 2 atom stereocenters. The number of likely N-dealkylation sites (N-methyl/N-ethyl adjacent to an activating group) is 1. The SMILES string of the molecule is CCc1cc(N2CC(C)C(N(C)C)C2)c2ccccc2n1. The molecule has 1 aromatic carbocycles. The first-order valence-electron chi connectivity index (χ1n) is 7.90. The molecule has 112 valence electrons. The van der Waals surface area contributed by atoms with E-state index in [0.717, 1.165) is 25.0 Å². The van der Waals surface area contributed by atoms with Gasteiger partial charge in [-0.05, 0) is 38.6 Å². The predicted octanol–water partition coefficient (Wildman–Crippen LogP) is 3.18. The van der Waals surface area contributed by atoms with Crippen molar-refractivity contribution >= 4 is 16.6 Å². The average molecular weight is 283 g/mol. The molecule has 2 unspecified atom stereocenters. The second-order valence-electron chi connectivity index (χ2n) is 6.42. The van der Waals surface area contributed by atoms with Crippen LogP contribution in [0.1, 0.15) is 19.5 Å². The lowest BCUT2D eigenvalue weighted by atomic mass is 10.1. The molecule has 3 heteroatoms. The van der Waals surface area contributed by atoms with E-state index in [0.29, 0.717) is 12.0 Å². The van der Waals surface area contributed by atoms with Gasteiger partial charge in [-0.3, -0.25) is 4.98 Å². The zero-order valence-corrected chi connectivity index (χ0v) is 13.5. The van der Waals surface area contributed by atoms with E-state index in [1.54, 1.807) is 0 Å². The third kappa shape index (κ3) is 2.62. The molecule has 0 amide bonds. The van der Waals surface area contributed by atoms with Gasteiger partial charge in [0, 0.05) is 35.9 Å². The van der Waals surface area contributed by atoms with Crippen molar-refractivity contribution in [1.29, 1.82) is 0 Å². The summed E-state index contributed by atoms with van der Waals surface area (Å²) in [5, 5.41) is 1.28. The Kier molecular flexibility index (Phi) is 3.85. The van der Waals surface area contributed by atoms with Crippen LogP contribution in [0, 0.1) is 5.92 Å². The molecule has 1 aromatic heterocycles. The Morgan fingerprint density at radius 2 is 2.00 bits per heavy atom. The van der Waals surface area contributed by atoms with Gasteiger partial charge in [0.25, 0.3) is 0 Å². The first-order chi connectivity index (χ1) is 10.1. The number of benzene rings is 1. The molecule has 3 nitrogen and oxygen atoms in total. The first kappa shape index (κ1) is 14.3. The van der Waals surface area contributed by atoms with E-state index in [1.165, 1.54) is 16.8 Å². The molecule has 1 fully saturated rings. The summed E-state index contributed by atoms with van der Waals surface area (Å²) in [5.41, 5.74) is 3.66. The van der Waals surface area contributed by atoms with Crippen molar-refractivity contribution in [1.82, 2.24) is 9.88 Å². The molecule has 2 heterocycles. The number of hydrogen-bond donors (Lipinski definition) is 0. The average Bonchev–Trinajstić information content (AvgIpc) is 2.88. The highest BCUT2D eigenvalue weighted by molar-refractivity contribution is 5.92. The fraction of sp³-hybridized carbons (Fsp3) is 0.500. The van der Waals surface area contributed by atoms with Crippen molar-refractivity contribution in [3.63, 3.8) is 0 Å². The maximum absolute atomic E-state index is 4.76. The van der Waals surface area contributed by atoms with Gasteiger partial charge in [-0.2, -0.15) is 0 Å². The highest BCUT2D eigenvalue weighted by Gasteiger charge is 2.31. The van der Waals surface area contributed by atoms with Crippen LogP contribution in [0.5, 0.6) is 0 Å². The fourth-order valence-electron chi connectivity index (χ4n) is 3.47. The normalized spacial score (nSPS) is 22.4. The van der Waals surface area contributed by atoms with Gasteiger partial charge in [0.2, 0.25) is 0 Å². The van der Waals surface area contributed by atoms with Crippen LogP contribution >= 0.6 is 0 Å². The summed E-state index contributed by atoms with van der Waals surface area (Å²) in [4.78, 5) is 9.66. The van der Waals surface area contributed by atoms with Crippen molar-refractivity contribution in [3.05, 3.63) is 36.0 Å². The molecule has 0 bridgehead atoms. The lowest BCUT2D eigenvalue weighted by molar-refractivity contribution is 0.266. The smallest absolute Gasteiger partial charge is 0.0726 e. The first-order valence-corrected chi connectivity index (χ1v) is 7.90. The molecule has 3 rings (SSSR count). The minimum absolute atomic E-state index is 0.627. The van der Waals surface area contributed by atoms with E-state index in [9.17, 15) is 0 Å². The Bertz CT molecular complexity index is 635. The van der Waals surface area contributed by atoms with Crippen molar-refractivity contribution in [2.45, 2.75) is 26.3 Å². The number of para-hydroxylation sites is 1. The zero-order valence-electron chi connectivity index (χ0n) is 13.5. The molecule has 1 aliphatic rings. The van der Waals surface area contributed by atoms with Crippen LogP contribution in [0.25, 0.3) is 10.9 Å². The van der Waals surface area contributed by atoms with Crippen LogP contribution in [0.2, 0.25) is 0 Å². The number of hydrogen-bond acceptors (Lipinski definition) is 3. The molecule has 0 aliphatic carbocycles. The Labute approximate surface area is 127 Å². The molecule has 1 aliphatic heterocycles. The van der Waals surface area contributed by atoms with E-state index in [-0.39, 0.29) is 0 Å². The van der Waals surface area contributed by atoms with E-state index < -0.39 is 0 Å². The summed E-state index contributed by atoms with van der Waals surface area (Å²) >= 11 is 0.